The van der Waals surface area contributed by atoms with Crippen molar-refractivity contribution >= 4 is 109 Å². The van der Waals surface area contributed by atoms with Crippen LogP contribution in [0.2, 0.25) is 0 Å². The molecule has 8 aromatic carbocycles. The van der Waals surface area contributed by atoms with Gasteiger partial charge in [0.1, 0.15) is 5.65 Å². The van der Waals surface area contributed by atoms with Gasteiger partial charge >= 0.3 is 0 Å². The zero-order valence-corrected chi connectivity index (χ0v) is 39.7. The molecule has 0 atom stereocenters. The van der Waals surface area contributed by atoms with Crippen LogP contribution in [0, 0.1) is 0 Å². The summed E-state index contributed by atoms with van der Waals surface area (Å²) in [7, 11) is 0. The van der Waals surface area contributed by atoms with Crippen molar-refractivity contribution in [2.75, 3.05) is 0 Å². The van der Waals surface area contributed by atoms with Crippen molar-refractivity contribution in [3.63, 3.8) is 0 Å². The lowest BCUT2D eigenvalue weighted by molar-refractivity contribution is 0.591. The monoisotopic (exact) mass is 864 g/mol. The van der Waals surface area contributed by atoms with Crippen LogP contribution in [0.5, 0.6) is 0 Å². The normalized spacial score (nSPS) is 13.4. The molecular weight excluding hydrogens is 813 g/mol. The number of para-hydroxylation sites is 2. The molecular formula is C63H52N4. The summed E-state index contributed by atoms with van der Waals surface area (Å²) >= 11 is 0. The Labute approximate surface area is 389 Å². The van der Waals surface area contributed by atoms with Crippen molar-refractivity contribution in [3.05, 3.63) is 168 Å². The first-order valence-corrected chi connectivity index (χ1v) is 24.0. The molecule has 0 aliphatic heterocycles. The molecule has 0 saturated carbocycles. The molecule has 0 aliphatic carbocycles. The van der Waals surface area contributed by atoms with Crippen LogP contribution in [-0.4, -0.2) is 18.4 Å². The Hall–Kier alpha value is -7.43. The average molecular weight is 865 g/mol. The lowest BCUT2D eigenvalue weighted by Gasteiger charge is -2.22. The molecule has 14 rings (SSSR count). The third-order valence-electron chi connectivity index (χ3n) is 15.3. The highest BCUT2D eigenvalue weighted by atomic mass is 15.0. The molecule has 4 nitrogen and oxygen atoms in total. The highest BCUT2D eigenvalue weighted by Crippen LogP contribution is 2.49. The van der Waals surface area contributed by atoms with E-state index in [2.05, 4.69) is 227 Å². The summed E-state index contributed by atoms with van der Waals surface area (Å²) in [6.07, 6.45) is 0. The third-order valence-corrected chi connectivity index (χ3v) is 15.3. The molecule has 0 bridgehead atoms. The molecule has 6 heterocycles. The van der Waals surface area contributed by atoms with Gasteiger partial charge < -0.3 is 8.97 Å². The van der Waals surface area contributed by atoms with E-state index in [-0.39, 0.29) is 16.2 Å². The van der Waals surface area contributed by atoms with E-state index in [1.165, 1.54) is 126 Å². The minimum absolute atomic E-state index is 0.0272. The Balaban J connectivity index is 1.16. The Morgan fingerprint density at radius 3 is 1.73 bits per heavy atom. The van der Waals surface area contributed by atoms with E-state index in [1.54, 1.807) is 0 Å². The molecule has 0 unspecified atom stereocenters. The second kappa shape index (κ2) is 12.7. The van der Waals surface area contributed by atoms with Gasteiger partial charge in [-0.3, -0.25) is 4.40 Å². The molecule has 0 fully saturated rings. The standard InChI is InChI=1S/C63H52N4/c1-61(2,3)37-24-26-53-49(29-37)55-41-20-14-13-17-35(41)28-50-56-54(66(53)59(50)55)34-48-47-33-39(63(7,8)9)32-46-45-31-38(62(4,5)6)30-43(57(45)67(58(46)47)60(48)64-56)36-23-25-52-44(27-36)42-21-15-16-22-51(42)65(52)40-18-11-10-12-19-40/h10-34H,1-9H3. The number of hydrogen-bond donors (Lipinski definition) is 0. The number of aromatic nitrogens is 4. The maximum atomic E-state index is 5.94. The molecule has 14 aromatic rings. The van der Waals surface area contributed by atoms with Crippen LogP contribution < -0.4 is 0 Å². The number of nitrogens with zero attached hydrogens (tertiary/aromatic N) is 4. The fourth-order valence-corrected chi connectivity index (χ4v) is 11.8. The van der Waals surface area contributed by atoms with Gasteiger partial charge in [-0.05, 0) is 128 Å². The predicted octanol–water partition coefficient (Wildman–Crippen LogP) is 17.2. The van der Waals surface area contributed by atoms with Crippen molar-refractivity contribution < 1.29 is 0 Å². The quantitative estimate of drug-likeness (QED) is 0.170. The first-order valence-electron chi connectivity index (χ1n) is 24.0. The van der Waals surface area contributed by atoms with Crippen molar-refractivity contribution in [2.45, 2.75) is 78.6 Å². The van der Waals surface area contributed by atoms with Crippen molar-refractivity contribution in [2.24, 2.45) is 0 Å². The van der Waals surface area contributed by atoms with Crippen LogP contribution in [0.15, 0.2) is 152 Å². The third kappa shape index (κ3) is 5.16. The fourth-order valence-electron chi connectivity index (χ4n) is 11.8. The van der Waals surface area contributed by atoms with E-state index in [0.29, 0.717) is 0 Å². The number of rotatable bonds is 2. The van der Waals surface area contributed by atoms with Crippen molar-refractivity contribution in [1.29, 1.82) is 0 Å². The molecule has 0 aliphatic rings. The second-order valence-corrected chi connectivity index (χ2v) is 22.5. The topological polar surface area (TPSA) is 26.6 Å². The SMILES string of the molecule is CC(C)(C)c1ccc2c(c1)c1c3ccccc3cc3c4nc5c(cc4n2c31)c1cc(C(C)(C)C)cc2c3cc(C(C)(C)C)cc(-c4ccc6c(c4)c4ccccc4n6-c4ccccc4)c3n5c12. The van der Waals surface area contributed by atoms with E-state index < -0.39 is 0 Å². The highest BCUT2D eigenvalue weighted by molar-refractivity contribution is 6.33. The number of pyridine rings is 1. The predicted molar refractivity (Wildman–Crippen MR) is 287 cm³/mol. The molecule has 67 heavy (non-hydrogen) atoms. The summed E-state index contributed by atoms with van der Waals surface area (Å²) in [5.41, 5.74) is 18.1. The zero-order chi connectivity index (χ0) is 45.6. The van der Waals surface area contributed by atoms with E-state index in [0.717, 1.165) is 16.7 Å². The summed E-state index contributed by atoms with van der Waals surface area (Å²) < 4.78 is 7.48. The molecule has 4 heteroatoms. The Bertz CT molecular complexity index is 4420. The second-order valence-electron chi connectivity index (χ2n) is 22.5. The van der Waals surface area contributed by atoms with Crippen LogP contribution in [0.25, 0.3) is 126 Å². The molecule has 0 N–H and O–H groups in total. The van der Waals surface area contributed by atoms with Gasteiger partial charge in [-0.15, -0.1) is 0 Å². The molecule has 6 aromatic heterocycles. The maximum Gasteiger partial charge on any atom is 0.146 e. The first kappa shape index (κ1) is 38.8. The Morgan fingerprint density at radius 2 is 0.985 bits per heavy atom. The fraction of sp³-hybridized carbons (Fsp3) is 0.190. The maximum absolute atomic E-state index is 5.94. The summed E-state index contributed by atoms with van der Waals surface area (Å²) in [4.78, 5) is 5.94. The number of hydrogen-bond acceptors (Lipinski definition) is 1. The number of benzene rings is 8. The molecule has 0 spiro atoms. The highest BCUT2D eigenvalue weighted by Gasteiger charge is 2.30. The van der Waals surface area contributed by atoms with E-state index in [9.17, 15) is 0 Å². The molecule has 324 valence electrons. The van der Waals surface area contributed by atoms with E-state index in [4.69, 9.17) is 4.98 Å². The lowest BCUT2D eigenvalue weighted by atomic mass is 9.83. The first-order chi connectivity index (χ1) is 32.1. The van der Waals surface area contributed by atoms with Gasteiger partial charge in [0.15, 0.2) is 0 Å². The Kier molecular flexibility index (Phi) is 7.36. The van der Waals surface area contributed by atoms with Crippen LogP contribution in [-0.2, 0) is 16.2 Å². The summed E-state index contributed by atoms with van der Waals surface area (Å²) in [6.45, 7) is 21.0. The lowest BCUT2D eigenvalue weighted by Crippen LogP contribution is -2.11. The van der Waals surface area contributed by atoms with Gasteiger partial charge in [-0.25, -0.2) is 4.98 Å². The van der Waals surface area contributed by atoms with Gasteiger partial charge in [0.05, 0.1) is 44.1 Å². The summed E-state index contributed by atoms with van der Waals surface area (Å²) in [5.74, 6) is 0. The van der Waals surface area contributed by atoms with Gasteiger partial charge in [-0.1, -0.05) is 135 Å². The van der Waals surface area contributed by atoms with Crippen molar-refractivity contribution in [3.8, 4) is 16.8 Å². The van der Waals surface area contributed by atoms with Gasteiger partial charge in [0.25, 0.3) is 0 Å². The molecule has 0 saturated heterocycles. The van der Waals surface area contributed by atoms with Crippen LogP contribution >= 0.6 is 0 Å². The minimum atomic E-state index is -0.0816. The van der Waals surface area contributed by atoms with E-state index >= 15 is 0 Å². The van der Waals surface area contributed by atoms with Crippen molar-refractivity contribution in [1.82, 2.24) is 18.4 Å². The summed E-state index contributed by atoms with van der Waals surface area (Å²) in [5, 5.41) is 13.9. The van der Waals surface area contributed by atoms with Crippen LogP contribution in [0.1, 0.15) is 79.0 Å². The minimum Gasteiger partial charge on any atom is -0.309 e. The smallest absolute Gasteiger partial charge is 0.146 e. The Morgan fingerprint density at radius 1 is 0.373 bits per heavy atom. The average Bonchev–Trinajstić information content (AvgIpc) is 4.09. The zero-order valence-electron chi connectivity index (χ0n) is 39.7. The number of fused-ring (bicyclic) bond motifs is 17. The van der Waals surface area contributed by atoms with E-state index in [1.807, 2.05) is 0 Å². The van der Waals surface area contributed by atoms with Gasteiger partial charge in [0.2, 0.25) is 0 Å². The van der Waals surface area contributed by atoms with Crippen LogP contribution in [0.3, 0.4) is 0 Å². The van der Waals surface area contributed by atoms with Gasteiger partial charge in [0, 0.05) is 59.7 Å². The molecule has 0 amide bonds. The molecule has 0 radical (unpaired) electrons. The summed E-state index contributed by atoms with van der Waals surface area (Å²) in [6, 6.07) is 57.7. The largest absolute Gasteiger partial charge is 0.309 e. The van der Waals surface area contributed by atoms with Crippen LogP contribution in [0.4, 0.5) is 0 Å². The van der Waals surface area contributed by atoms with Gasteiger partial charge in [-0.2, -0.15) is 0 Å².